The zero-order valence-corrected chi connectivity index (χ0v) is 16.5. The van der Waals surface area contributed by atoms with Crippen LogP contribution in [0.3, 0.4) is 0 Å². The number of nitrogens with zero attached hydrogens (tertiary/aromatic N) is 1. The Morgan fingerprint density at radius 1 is 1.11 bits per heavy atom. The number of guanidine groups is 1. The summed E-state index contributed by atoms with van der Waals surface area (Å²) in [6, 6.07) is 9.87. The van der Waals surface area contributed by atoms with E-state index in [9.17, 15) is 0 Å². The number of aliphatic imine (C=N–C) groups is 1. The molecular formula is C20H27N3O3S. The van der Waals surface area contributed by atoms with Gasteiger partial charge in [0.05, 0.1) is 26.0 Å². The van der Waals surface area contributed by atoms with Crippen molar-refractivity contribution in [1.82, 2.24) is 10.6 Å². The quantitative estimate of drug-likeness (QED) is 0.411. The molecule has 146 valence electrons. The Hall–Kier alpha value is -2.28. The van der Waals surface area contributed by atoms with Crippen LogP contribution in [0.2, 0.25) is 0 Å². The molecule has 6 nitrogen and oxygen atoms in total. The first-order valence-corrected chi connectivity index (χ1v) is 10.7. The molecule has 3 rings (SSSR count). The molecule has 27 heavy (non-hydrogen) atoms. The van der Waals surface area contributed by atoms with E-state index in [2.05, 4.69) is 16.9 Å². The van der Waals surface area contributed by atoms with Gasteiger partial charge in [0.1, 0.15) is 5.76 Å². The minimum absolute atomic E-state index is 0.530. The van der Waals surface area contributed by atoms with Gasteiger partial charge in [-0.05, 0) is 24.5 Å². The van der Waals surface area contributed by atoms with Crippen molar-refractivity contribution in [1.29, 1.82) is 0 Å². The molecule has 0 saturated carbocycles. The Balaban J connectivity index is 1.63. The molecule has 1 aliphatic heterocycles. The van der Waals surface area contributed by atoms with Gasteiger partial charge in [-0.25, -0.2) is 4.99 Å². The number of rotatable bonds is 8. The van der Waals surface area contributed by atoms with Crippen molar-refractivity contribution in [3.8, 4) is 11.5 Å². The summed E-state index contributed by atoms with van der Waals surface area (Å²) in [5.74, 6) is 4.41. The van der Waals surface area contributed by atoms with Gasteiger partial charge >= 0.3 is 0 Å². The van der Waals surface area contributed by atoms with Crippen molar-refractivity contribution in [2.45, 2.75) is 19.4 Å². The van der Waals surface area contributed by atoms with Crippen LogP contribution in [-0.4, -0.2) is 44.3 Å². The number of furan rings is 1. The lowest BCUT2D eigenvalue weighted by atomic mass is 10.2. The van der Waals surface area contributed by atoms with E-state index in [4.69, 9.17) is 18.9 Å². The predicted molar refractivity (Wildman–Crippen MR) is 110 cm³/mol. The van der Waals surface area contributed by atoms with Crippen LogP contribution < -0.4 is 20.1 Å². The number of thioether (sulfide) groups is 1. The number of fused-ring (bicyclic) bond motifs is 1. The van der Waals surface area contributed by atoms with Crippen molar-refractivity contribution in [2.75, 3.05) is 38.3 Å². The first-order valence-electron chi connectivity index (χ1n) is 9.28. The maximum atomic E-state index is 5.89. The summed E-state index contributed by atoms with van der Waals surface area (Å²) in [6.07, 6.45) is 5.50. The number of ether oxygens (including phenoxy) is 2. The van der Waals surface area contributed by atoms with Gasteiger partial charge in [-0.15, -0.1) is 0 Å². The summed E-state index contributed by atoms with van der Waals surface area (Å²) < 4.78 is 17.0. The third kappa shape index (κ3) is 6.13. The third-order valence-corrected chi connectivity index (χ3v) is 4.72. The Morgan fingerprint density at radius 2 is 2.00 bits per heavy atom. The molecule has 2 heterocycles. The third-order valence-electron chi connectivity index (χ3n) is 4.10. The monoisotopic (exact) mass is 389 g/mol. The topological polar surface area (TPSA) is 68.0 Å². The smallest absolute Gasteiger partial charge is 0.191 e. The largest absolute Gasteiger partial charge is 0.490 e. The van der Waals surface area contributed by atoms with E-state index in [0.717, 1.165) is 60.5 Å². The summed E-state index contributed by atoms with van der Waals surface area (Å²) in [6.45, 7) is 3.51. The molecule has 0 radical (unpaired) electrons. The fourth-order valence-corrected chi connectivity index (χ4v) is 3.05. The molecule has 2 aromatic rings. The molecule has 1 aromatic heterocycles. The van der Waals surface area contributed by atoms with Crippen LogP contribution in [0.4, 0.5) is 0 Å². The molecule has 2 N–H and O–H groups in total. The van der Waals surface area contributed by atoms with Crippen molar-refractivity contribution < 1.29 is 13.9 Å². The number of hydrogen-bond donors (Lipinski definition) is 2. The van der Waals surface area contributed by atoms with Gasteiger partial charge in [-0.2, -0.15) is 11.8 Å². The molecule has 0 aliphatic carbocycles. The minimum atomic E-state index is 0.530. The van der Waals surface area contributed by atoms with Gasteiger partial charge < -0.3 is 24.5 Å². The predicted octanol–water partition coefficient (Wildman–Crippen LogP) is 3.08. The second-order valence-electron chi connectivity index (χ2n) is 6.14. The van der Waals surface area contributed by atoms with Gasteiger partial charge in [-0.3, -0.25) is 0 Å². The molecule has 0 unspecified atom stereocenters. The van der Waals surface area contributed by atoms with Crippen LogP contribution in [0.5, 0.6) is 11.5 Å². The Bertz CT molecular complexity index is 719. The highest BCUT2D eigenvalue weighted by Crippen LogP contribution is 2.33. The van der Waals surface area contributed by atoms with Gasteiger partial charge in [0.15, 0.2) is 17.5 Å². The molecule has 0 saturated heterocycles. The maximum Gasteiger partial charge on any atom is 0.191 e. The average Bonchev–Trinajstić information content (AvgIpc) is 3.08. The summed E-state index contributed by atoms with van der Waals surface area (Å²) >= 11 is 1.80. The van der Waals surface area contributed by atoms with Crippen LogP contribution in [0.25, 0.3) is 0 Å². The second kappa shape index (κ2) is 10.8. The van der Waals surface area contributed by atoms with Crippen LogP contribution in [0, 0.1) is 0 Å². The second-order valence-corrected chi connectivity index (χ2v) is 7.12. The van der Waals surface area contributed by atoms with Crippen LogP contribution in [0.15, 0.2) is 46.0 Å². The Morgan fingerprint density at radius 3 is 2.85 bits per heavy atom. The van der Waals surface area contributed by atoms with Crippen LogP contribution >= 0.6 is 11.8 Å². The van der Waals surface area contributed by atoms with E-state index in [1.165, 1.54) is 0 Å². The van der Waals surface area contributed by atoms with E-state index in [-0.39, 0.29) is 0 Å². The summed E-state index contributed by atoms with van der Waals surface area (Å²) in [5, 5.41) is 6.76. The lowest BCUT2D eigenvalue weighted by Gasteiger charge is -2.14. The van der Waals surface area contributed by atoms with E-state index in [1.54, 1.807) is 18.0 Å². The average molecular weight is 390 g/mol. The van der Waals surface area contributed by atoms with Gasteiger partial charge in [0.2, 0.25) is 0 Å². The van der Waals surface area contributed by atoms with E-state index >= 15 is 0 Å². The molecular weight excluding hydrogens is 362 g/mol. The Kier molecular flexibility index (Phi) is 7.77. The minimum Gasteiger partial charge on any atom is -0.490 e. The number of para-hydroxylation sites is 1. The summed E-state index contributed by atoms with van der Waals surface area (Å²) in [7, 11) is 0. The normalized spacial score (nSPS) is 13.9. The SMILES string of the molecule is CSCCNC(=NCc1cccc2c1OCCCO2)NCCc1ccco1. The number of benzene rings is 1. The Labute approximate surface area is 164 Å². The summed E-state index contributed by atoms with van der Waals surface area (Å²) in [5.41, 5.74) is 1.03. The van der Waals surface area contributed by atoms with Crippen LogP contribution in [-0.2, 0) is 13.0 Å². The number of nitrogens with one attached hydrogen (secondary N) is 2. The van der Waals surface area contributed by atoms with Crippen molar-refractivity contribution in [3.05, 3.63) is 47.9 Å². The van der Waals surface area contributed by atoms with E-state index in [0.29, 0.717) is 19.8 Å². The summed E-state index contributed by atoms with van der Waals surface area (Å²) in [4.78, 5) is 4.74. The van der Waals surface area contributed by atoms with Gasteiger partial charge in [0.25, 0.3) is 0 Å². The van der Waals surface area contributed by atoms with Gasteiger partial charge in [0, 0.05) is 37.2 Å². The zero-order chi connectivity index (χ0) is 18.7. The maximum absolute atomic E-state index is 5.89. The van der Waals surface area contributed by atoms with Crippen molar-refractivity contribution in [3.63, 3.8) is 0 Å². The highest BCUT2D eigenvalue weighted by atomic mass is 32.2. The van der Waals surface area contributed by atoms with E-state index < -0.39 is 0 Å². The van der Waals surface area contributed by atoms with Gasteiger partial charge in [-0.1, -0.05) is 12.1 Å². The lowest BCUT2D eigenvalue weighted by Crippen LogP contribution is -2.39. The standard InChI is InChI=1S/C20H27N3O3S/c1-27-14-10-22-20(21-9-8-17-6-3-11-24-17)23-15-16-5-2-7-18-19(16)26-13-4-12-25-18/h2-3,5-7,11H,4,8-10,12-15H2,1H3,(H2,21,22,23). The highest BCUT2D eigenvalue weighted by Gasteiger charge is 2.14. The molecule has 0 spiro atoms. The molecule has 1 aromatic carbocycles. The fraction of sp³-hybridized carbons (Fsp3) is 0.450. The first-order chi connectivity index (χ1) is 13.4. The zero-order valence-electron chi connectivity index (χ0n) is 15.7. The molecule has 0 atom stereocenters. The fourth-order valence-electron chi connectivity index (χ4n) is 2.75. The highest BCUT2D eigenvalue weighted by molar-refractivity contribution is 7.98. The molecule has 0 bridgehead atoms. The number of hydrogen-bond acceptors (Lipinski definition) is 5. The molecule has 1 aliphatic rings. The van der Waals surface area contributed by atoms with Crippen LogP contribution in [0.1, 0.15) is 17.7 Å². The molecule has 0 amide bonds. The molecule has 7 heteroatoms. The lowest BCUT2D eigenvalue weighted by molar-refractivity contribution is 0.296. The molecule has 0 fully saturated rings. The van der Waals surface area contributed by atoms with Crippen molar-refractivity contribution >= 4 is 17.7 Å². The first kappa shape index (κ1) is 19.5. The van der Waals surface area contributed by atoms with Crippen molar-refractivity contribution in [2.24, 2.45) is 4.99 Å². The van der Waals surface area contributed by atoms with E-state index in [1.807, 2.05) is 30.3 Å².